The second-order valence-corrected chi connectivity index (χ2v) is 8.80. The molecule has 3 heterocycles. The van der Waals surface area contributed by atoms with Crippen molar-refractivity contribution in [2.45, 2.75) is 31.4 Å². The fraction of sp³-hybridized carbons (Fsp3) is 0.524. The Morgan fingerprint density at radius 2 is 1.93 bits per heavy atom. The van der Waals surface area contributed by atoms with Crippen LogP contribution >= 0.6 is 0 Å². The molecular formula is C21H23N3O3. The minimum Gasteiger partial charge on any atom is -0.465 e. The smallest absolute Gasteiger partial charge is 0.407 e. The van der Waals surface area contributed by atoms with Gasteiger partial charge in [-0.3, -0.25) is 0 Å². The molecule has 2 unspecified atom stereocenters. The third-order valence-electron chi connectivity index (χ3n) is 8.01. The van der Waals surface area contributed by atoms with Crippen LogP contribution in [-0.2, 0) is 0 Å². The van der Waals surface area contributed by atoms with E-state index in [1.54, 1.807) is 4.90 Å². The monoisotopic (exact) mass is 365 g/mol. The number of imidazole rings is 1. The van der Waals surface area contributed by atoms with E-state index in [-0.39, 0.29) is 35.3 Å². The fourth-order valence-corrected chi connectivity index (χ4v) is 6.85. The van der Waals surface area contributed by atoms with E-state index in [2.05, 4.69) is 33.8 Å². The molecule has 1 aromatic carbocycles. The highest BCUT2D eigenvalue weighted by atomic mass is 16.4. The Bertz CT molecular complexity index is 924. The quantitative estimate of drug-likeness (QED) is 0.815. The summed E-state index contributed by atoms with van der Waals surface area (Å²) in [5, 5.41) is 20.8. The number of likely N-dealkylation sites (tertiary alicyclic amines) is 1. The number of carbonyl (C=O) groups is 1. The molecule has 6 nitrogen and oxygen atoms in total. The van der Waals surface area contributed by atoms with Crippen molar-refractivity contribution >= 4 is 6.09 Å². The van der Waals surface area contributed by atoms with Gasteiger partial charge in [0.1, 0.15) is 0 Å². The minimum atomic E-state index is -0.820. The lowest BCUT2D eigenvalue weighted by atomic mass is 9.48. The van der Waals surface area contributed by atoms with Crippen molar-refractivity contribution in [3.63, 3.8) is 0 Å². The lowest BCUT2D eigenvalue weighted by Gasteiger charge is -2.61. The van der Waals surface area contributed by atoms with E-state index >= 15 is 0 Å². The van der Waals surface area contributed by atoms with Gasteiger partial charge in [-0.1, -0.05) is 24.3 Å². The van der Waals surface area contributed by atoms with Crippen LogP contribution in [0.15, 0.2) is 36.8 Å². The Labute approximate surface area is 157 Å². The molecule has 2 N–H and O–H groups in total. The molecule has 1 spiro atoms. The summed E-state index contributed by atoms with van der Waals surface area (Å²) in [6.45, 7) is 1.15. The van der Waals surface area contributed by atoms with Gasteiger partial charge in [-0.05, 0) is 36.7 Å². The summed E-state index contributed by atoms with van der Waals surface area (Å²) in [5.41, 5.74) is 3.54. The van der Waals surface area contributed by atoms with Crippen molar-refractivity contribution in [2.75, 3.05) is 13.1 Å². The highest BCUT2D eigenvalue weighted by Gasteiger charge is 2.67. The Hall–Kier alpha value is -2.34. The Morgan fingerprint density at radius 3 is 2.63 bits per heavy atom. The normalized spacial score (nSPS) is 38.6. The molecule has 2 aliphatic carbocycles. The predicted molar refractivity (Wildman–Crippen MR) is 98.2 cm³/mol. The first-order valence-electron chi connectivity index (χ1n) is 9.88. The molecule has 2 saturated carbocycles. The van der Waals surface area contributed by atoms with Crippen molar-refractivity contribution in [1.29, 1.82) is 0 Å². The molecule has 1 aromatic heterocycles. The summed E-state index contributed by atoms with van der Waals surface area (Å²) in [6.07, 6.45) is 5.66. The van der Waals surface area contributed by atoms with Crippen LogP contribution in [-0.4, -0.2) is 50.0 Å². The maximum Gasteiger partial charge on any atom is 0.407 e. The van der Waals surface area contributed by atoms with E-state index in [4.69, 9.17) is 0 Å². The minimum absolute atomic E-state index is 0.0884. The molecule has 3 fully saturated rings. The van der Waals surface area contributed by atoms with Crippen molar-refractivity contribution < 1.29 is 15.0 Å². The van der Waals surface area contributed by atoms with Crippen LogP contribution in [0, 0.1) is 23.2 Å². The standard InChI is InChI=1S/C21H23N3O3/c25-19-16(7-21(19)12-5-6-13(21)10-23(9-12)20(26)27)18-15-4-2-1-3-14(15)17-8-22-11-24(17)18/h1-4,8,11-13,16,18-19,25H,5-7,9-10H2,(H,26,27)/t12?,13?,16-,18-,19-,21?/m1/s1. The summed E-state index contributed by atoms with van der Waals surface area (Å²) in [5.74, 6) is 0.746. The van der Waals surface area contributed by atoms with E-state index < -0.39 is 6.09 Å². The number of benzene rings is 1. The topological polar surface area (TPSA) is 78.6 Å². The first kappa shape index (κ1) is 15.7. The summed E-state index contributed by atoms with van der Waals surface area (Å²) in [6, 6.07) is 8.57. The maximum atomic E-state index is 11.4. The van der Waals surface area contributed by atoms with E-state index in [0.717, 1.165) is 25.0 Å². The van der Waals surface area contributed by atoms with E-state index in [0.29, 0.717) is 13.1 Å². The molecule has 2 bridgehead atoms. The highest BCUT2D eigenvalue weighted by molar-refractivity contribution is 5.69. The number of nitrogens with zero attached hydrogens (tertiary/aromatic N) is 3. The molecule has 2 aromatic rings. The van der Waals surface area contributed by atoms with Crippen LogP contribution in [0.1, 0.15) is 30.9 Å². The number of amides is 1. The van der Waals surface area contributed by atoms with Gasteiger partial charge in [-0.15, -0.1) is 0 Å². The number of carboxylic acid groups (broad SMARTS) is 1. The molecule has 6 heteroatoms. The average molecular weight is 365 g/mol. The summed E-state index contributed by atoms with van der Waals surface area (Å²) >= 11 is 0. The van der Waals surface area contributed by atoms with E-state index in [9.17, 15) is 15.0 Å². The van der Waals surface area contributed by atoms with Crippen LogP contribution in [0.25, 0.3) is 11.3 Å². The van der Waals surface area contributed by atoms with Gasteiger partial charge in [-0.25, -0.2) is 9.78 Å². The average Bonchev–Trinajstić information content (AvgIpc) is 3.30. The van der Waals surface area contributed by atoms with Crippen molar-refractivity contribution in [2.24, 2.45) is 23.2 Å². The number of hydrogen-bond donors (Lipinski definition) is 2. The third kappa shape index (κ3) is 1.79. The van der Waals surface area contributed by atoms with Crippen LogP contribution < -0.4 is 0 Å². The van der Waals surface area contributed by atoms with Gasteiger partial charge in [0.15, 0.2) is 0 Å². The zero-order valence-corrected chi connectivity index (χ0v) is 15.0. The van der Waals surface area contributed by atoms with Gasteiger partial charge in [0, 0.05) is 30.0 Å². The van der Waals surface area contributed by atoms with Crippen molar-refractivity contribution in [3.8, 4) is 11.3 Å². The van der Waals surface area contributed by atoms with Crippen molar-refractivity contribution in [3.05, 3.63) is 42.4 Å². The maximum absolute atomic E-state index is 11.4. The van der Waals surface area contributed by atoms with Gasteiger partial charge in [0.25, 0.3) is 0 Å². The Balaban J connectivity index is 1.34. The molecule has 6 rings (SSSR count). The van der Waals surface area contributed by atoms with E-state index in [1.165, 1.54) is 11.1 Å². The molecule has 4 aliphatic rings. The number of aliphatic hydroxyl groups excluding tert-OH is 1. The van der Waals surface area contributed by atoms with Crippen LogP contribution in [0.3, 0.4) is 0 Å². The number of piperidine rings is 1. The second kappa shape index (κ2) is 5.13. The predicted octanol–water partition coefficient (Wildman–Crippen LogP) is 2.84. The summed E-state index contributed by atoms with van der Waals surface area (Å²) in [4.78, 5) is 17.3. The third-order valence-corrected chi connectivity index (χ3v) is 8.01. The lowest BCUT2D eigenvalue weighted by Crippen LogP contribution is -2.65. The summed E-state index contributed by atoms with van der Waals surface area (Å²) < 4.78 is 2.22. The highest BCUT2D eigenvalue weighted by Crippen LogP contribution is 2.67. The largest absolute Gasteiger partial charge is 0.465 e. The van der Waals surface area contributed by atoms with Crippen LogP contribution in [0.5, 0.6) is 0 Å². The summed E-state index contributed by atoms with van der Waals surface area (Å²) in [7, 11) is 0. The SMILES string of the molecule is O=C(O)N1CC2CCC(C1)C21C[C@H]([C@H]2c3ccccc3-c3cncn32)[C@H]1O. The molecule has 0 radical (unpaired) electrons. The van der Waals surface area contributed by atoms with Gasteiger partial charge in [0.2, 0.25) is 0 Å². The molecule has 5 atom stereocenters. The Morgan fingerprint density at radius 1 is 1.19 bits per heavy atom. The molecule has 140 valence electrons. The van der Waals surface area contributed by atoms with Crippen LogP contribution in [0.2, 0.25) is 0 Å². The first-order valence-corrected chi connectivity index (χ1v) is 9.88. The zero-order valence-electron chi connectivity index (χ0n) is 15.0. The van der Waals surface area contributed by atoms with Gasteiger partial charge in [-0.2, -0.15) is 0 Å². The fourth-order valence-electron chi connectivity index (χ4n) is 6.85. The molecule has 1 saturated heterocycles. The molecule has 27 heavy (non-hydrogen) atoms. The molecule has 2 aliphatic heterocycles. The molecular weight excluding hydrogens is 342 g/mol. The Kier molecular flexibility index (Phi) is 2.98. The number of fused-ring (bicyclic) bond motifs is 3. The number of hydrogen-bond acceptors (Lipinski definition) is 3. The van der Waals surface area contributed by atoms with Crippen molar-refractivity contribution in [1.82, 2.24) is 14.5 Å². The van der Waals surface area contributed by atoms with Gasteiger partial charge in [0.05, 0.1) is 30.4 Å². The van der Waals surface area contributed by atoms with E-state index in [1.807, 2.05) is 12.5 Å². The van der Waals surface area contributed by atoms with Crippen LogP contribution in [0.4, 0.5) is 4.79 Å². The lowest BCUT2D eigenvalue weighted by molar-refractivity contribution is -0.193. The zero-order chi connectivity index (χ0) is 18.3. The van der Waals surface area contributed by atoms with Gasteiger partial charge >= 0.3 is 6.09 Å². The second-order valence-electron chi connectivity index (χ2n) is 8.80. The van der Waals surface area contributed by atoms with Gasteiger partial charge < -0.3 is 19.7 Å². The molecule has 1 amide bonds. The number of rotatable bonds is 1. The number of aromatic nitrogens is 2. The number of aliphatic hydroxyl groups is 1. The first-order chi connectivity index (χ1) is 13.1.